The molecule has 4 heteroatoms. The number of aromatic amines is 1. The second-order valence-corrected chi connectivity index (χ2v) is 6.39. The number of rotatable bonds is 4. The second-order valence-electron chi connectivity index (χ2n) is 5.14. The monoisotopic (exact) mass is 402 g/mol. The molecule has 0 aliphatic rings. The maximum absolute atomic E-state index is 12.5. The number of imidazole rings is 1. The fourth-order valence-electron chi connectivity index (χ4n) is 2.36. The van der Waals surface area contributed by atoms with E-state index in [9.17, 15) is 4.79 Å². The predicted molar refractivity (Wildman–Crippen MR) is 95.2 cm³/mol. The topological polar surface area (TPSA) is 45.8 Å². The van der Waals surface area contributed by atoms with Crippen molar-refractivity contribution in [3.8, 4) is 0 Å². The highest BCUT2D eigenvalue weighted by Gasteiger charge is 2.16. The fourth-order valence-corrected chi connectivity index (χ4v) is 2.71. The van der Waals surface area contributed by atoms with E-state index in [1.54, 1.807) is 0 Å². The van der Waals surface area contributed by atoms with Crippen LogP contribution in [0.3, 0.4) is 0 Å². The largest absolute Gasteiger partial charge is 0.339 e. The minimum atomic E-state index is -0.0144. The number of benzene rings is 2. The van der Waals surface area contributed by atoms with Crippen LogP contribution < -0.4 is 0 Å². The fraction of sp³-hybridized carbons (Fsp3) is 0.111. The summed E-state index contributed by atoms with van der Waals surface area (Å²) in [5, 5.41) is 0. The minimum absolute atomic E-state index is 0.0144. The SMILES string of the molecule is Cc1nc(Cc2ccc(I)cc2)[nH]c1C(=O)c1ccccc1. The Hall–Kier alpha value is -1.95. The van der Waals surface area contributed by atoms with Crippen molar-refractivity contribution in [2.24, 2.45) is 0 Å². The number of carbonyl (C=O) groups excluding carboxylic acids is 1. The van der Waals surface area contributed by atoms with Crippen LogP contribution in [0.1, 0.15) is 33.1 Å². The number of aryl methyl sites for hydroxylation is 1. The van der Waals surface area contributed by atoms with Crippen LogP contribution in [0.15, 0.2) is 54.6 Å². The van der Waals surface area contributed by atoms with Gasteiger partial charge in [-0.25, -0.2) is 4.98 Å². The molecule has 1 aromatic heterocycles. The van der Waals surface area contributed by atoms with Crippen molar-refractivity contribution in [1.82, 2.24) is 9.97 Å². The molecule has 3 nitrogen and oxygen atoms in total. The van der Waals surface area contributed by atoms with E-state index >= 15 is 0 Å². The third-order valence-electron chi connectivity index (χ3n) is 3.48. The normalized spacial score (nSPS) is 10.6. The number of halogens is 1. The Bertz CT molecular complexity index is 792. The molecule has 0 unspecified atom stereocenters. The molecule has 22 heavy (non-hydrogen) atoms. The average Bonchev–Trinajstić information content (AvgIpc) is 2.90. The number of hydrogen-bond acceptors (Lipinski definition) is 2. The van der Waals surface area contributed by atoms with Gasteiger partial charge >= 0.3 is 0 Å². The first-order chi connectivity index (χ1) is 10.6. The maximum Gasteiger partial charge on any atom is 0.211 e. The number of hydrogen-bond donors (Lipinski definition) is 1. The highest BCUT2D eigenvalue weighted by molar-refractivity contribution is 14.1. The van der Waals surface area contributed by atoms with E-state index in [4.69, 9.17) is 0 Å². The Labute approximate surface area is 142 Å². The molecule has 110 valence electrons. The molecule has 0 aliphatic heterocycles. The van der Waals surface area contributed by atoms with Gasteiger partial charge in [0.25, 0.3) is 0 Å². The summed E-state index contributed by atoms with van der Waals surface area (Å²) in [5.74, 6) is 0.803. The van der Waals surface area contributed by atoms with E-state index in [-0.39, 0.29) is 5.78 Å². The molecule has 3 rings (SSSR count). The molecule has 0 atom stereocenters. The number of ketones is 1. The van der Waals surface area contributed by atoms with Crippen molar-refractivity contribution in [3.63, 3.8) is 0 Å². The van der Waals surface area contributed by atoms with E-state index in [1.807, 2.05) is 37.3 Å². The summed E-state index contributed by atoms with van der Waals surface area (Å²) in [4.78, 5) is 20.2. The summed E-state index contributed by atoms with van der Waals surface area (Å²) in [5.41, 5.74) is 3.17. The zero-order chi connectivity index (χ0) is 15.5. The Morgan fingerprint density at radius 1 is 1.09 bits per heavy atom. The second kappa shape index (κ2) is 6.44. The van der Waals surface area contributed by atoms with Crippen molar-refractivity contribution in [1.29, 1.82) is 0 Å². The van der Waals surface area contributed by atoms with E-state index in [0.717, 1.165) is 11.5 Å². The molecule has 0 spiro atoms. The maximum atomic E-state index is 12.5. The molecular formula is C18H15IN2O. The van der Waals surface area contributed by atoms with Gasteiger partial charge in [0.2, 0.25) is 5.78 Å². The van der Waals surface area contributed by atoms with Crippen molar-refractivity contribution in [2.75, 3.05) is 0 Å². The lowest BCUT2D eigenvalue weighted by atomic mass is 10.1. The van der Waals surface area contributed by atoms with Crippen LogP contribution in [0.4, 0.5) is 0 Å². The first kappa shape index (κ1) is 15.0. The zero-order valence-electron chi connectivity index (χ0n) is 12.1. The highest BCUT2D eigenvalue weighted by atomic mass is 127. The van der Waals surface area contributed by atoms with Crippen LogP contribution in [-0.2, 0) is 6.42 Å². The Balaban J connectivity index is 1.85. The predicted octanol–water partition coefficient (Wildman–Crippen LogP) is 4.14. The van der Waals surface area contributed by atoms with Crippen LogP contribution >= 0.6 is 22.6 Å². The molecule has 0 amide bonds. The molecule has 0 saturated heterocycles. The number of H-pyrrole nitrogens is 1. The molecule has 2 aromatic carbocycles. The summed E-state index contributed by atoms with van der Waals surface area (Å²) >= 11 is 2.28. The van der Waals surface area contributed by atoms with Gasteiger partial charge in [-0.15, -0.1) is 0 Å². The van der Waals surface area contributed by atoms with Crippen LogP contribution in [0.25, 0.3) is 0 Å². The number of aromatic nitrogens is 2. The lowest BCUT2D eigenvalue weighted by Crippen LogP contribution is -2.03. The zero-order valence-corrected chi connectivity index (χ0v) is 14.3. The molecule has 0 radical (unpaired) electrons. The number of nitrogens with one attached hydrogen (secondary N) is 1. The van der Waals surface area contributed by atoms with Gasteiger partial charge in [0, 0.05) is 15.6 Å². The molecular weight excluding hydrogens is 387 g/mol. The first-order valence-corrected chi connectivity index (χ1v) is 8.11. The van der Waals surface area contributed by atoms with Gasteiger partial charge in [-0.2, -0.15) is 0 Å². The van der Waals surface area contributed by atoms with Crippen molar-refractivity contribution >= 4 is 28.4 Å². The van der Waals surface area contributed by atoms with Gasteiger partial charge < -0.3 is 4.98 Å². The quantitative estimate of drug-likeness (QED) is 0.527. The Morgan fingerprint density at radius 3 is 2.45 bits per heavy atom. The van der Waals surface area contributed by atoms with Gasteiger partial charge in [0.05, 0.1) is 5.69 Å². The van der Waals surface area contributed by atoms with Crippen LogP contribution in [-0.4, -0.2) is 15.8 Å². The standard InChI is InChI=1S/C18H15IN2O/c1-12-17(18(22)14-5-3-2-4-6-14)21-16(20-12)11-13-7-9-15(19)10-8-13/h2-10H,11H2,1H3,(H,20,21). The average molecular weight is 402 g/mol. The number of carbonyl (C=O) groups is 1. The number of nitrogens with zero attached hydrogens (tertiary/aromatic N) is 1. The third-order valence-corrected chi connectivity index (χ3v) is 4.20. The lowest BCUT2D eigenvalue weighted by Gasteiger charge is -1.99. The van der Waals surface area contributed by atoms with Gasteiger partial charge in [-0.3, -0.25) is 4.79 Å². The van der Waals surface area contributed by atoms with Crippen LogP contribution in [0, 0.1) is 10.5 Å². The summed E-state index contributed by atoms with van der Waals surface area (Å²) in [6.07, 6.45) is 0.694. The van der Waals surface area contributed by atoms with E-state index in [2.05, 4.69) is 56.8 Å². The van der Waals surface area contributed by atoms with Crippen molar-refractivity contribution < 1.29 is 4.79 Å². The van der Waals surface area contributed by atoms with Crippen molar-refractivity contribution in [3.05, 3.63) is 86.5 Å². The van der Waals surface area contributed by atoms with Gasteiger partial charge in [-0.05, 0) is 47.2 Å². The van der Waals surface area contributed by atoms with E-state index in [0.29, 0.717) is 17.7 Å². The summed E-state index contributed by atoms with van der Waals surface area (Å²) in [6.45, 7) is 1.87. The smallest absolute Gasteiger partial charge is 0.211 e. The lowest BCUT2D eigenvalue weighted by molar-refractivity contribution is 0.103. The summed E-state index contributed by atoms with van der Waals surface area (Å²) in [6, 6.07) is 17.6. The molecule has 1 N–H and O–H groups in total. The van der Waals surface area contributed by atoms with Crippen molar-refractivity contribution in [2.45, 2.75) is 13.3 Å². The molecule has 0 aliphatic carbocycles. The minimum Gasteiger partial charge on any atom is -0.339 e. The molecule has 3 aromatic rings. The Morgan fingerprint density at radius 2 is 1.77 bits per heavy atom. The summed E-state index contributed by atoms with van der Waals surface area (Å²) < 4.78 is 1.21. The molecule has 0 saturated carbocycles. The van der Waals surface area contributed by atoms with E-state index in [1.165, 1.54) is 9.13 Å². The first-order valence-electron chi connectivity index (χ1n) is 7.03. The van der Waals surface area contributed by atoms with Gasteiger partial charge in [0.1, 0.15) is 11.5 Å². The van der Waals surface area contributed by atoms with Gasteiger partial charge in [0.15, 0.2) is 0 Å². The van der Waals surface area contributed by atoms with Crippen LogP contribution in [0.2, 0.25) is 0 Å². The van der Waals surface area contributed by atoms with Crippen LogP contribution in [0.5, 0.6) is 0 Å². The highest BCUT2D eigenvalue weighted by Crippen LogP contribution is 2.15. The third kappa shape index (κ3) is 3.27. The Kier molecular flexibility index (Phi) is 4.38. The molecule has 0 fully saturated rings. The summed E-state index contributed by atoms with van der Waals surface area (Å²) in [7, 11) is 0. The van der Waals surface area contributed by atoms with Gasteiger partial charge in [-0.1, -0.05) is 42.5 Å². The molecule has 0 bridgehead atoms. The van der Waals surface area contributed by atoms with E-state index < -0.39 is 0 Å². The molecule has 1 heterocycles.